The van der Waals surface area contributed by atoms with Gasteiger partial charge in [-0.15, -0.1) is 22.7 Å². The van der Waals surface area contributed by atoms with Crippen molar-refractivity contribution in [3.63, 3.8) is 0 Å². The number of thiazole rings is 1. The van der Waals surface area contributed by atoms with Crippen LogP contribution in [0.1, 0.15) is 34.5 Å². The first-order valence-electron chi connectivity index (χ1n) is 8.24. The number of rotatable bonds is 4. The zero-order chi connectivity index (χ0) is 18.1. The standard InChI is InChI=1S/C19H16N2O3S2/c22-16(14-11-26-17(20-14)15-8-4-10-25-15)21-19(18(23)24)9-3-6-12-5-1-2-7-13(12)19/h1-2,4-5,7-8,10-11H,3,6,9H2,(H,21,22)(H,23,24)/t19-/m1/s1. The summed E-state index contributed by atoms with van der Waals surface area (Å²) in [4.78, 5) is 30.3. The number of benzene rings is 1. The zero-order valence-corrected chi connectivity index (χ0v) is 15.4. The molecule has 2 aromatic heterocycles. The van der Waals surface area contributed by atoms with Crippen LogP contribution in [0.2, 0.25) is 0 Å². The van der Waals surface area contributed by atoms with Crippen molar-refractivity contribution >= 4 is 34.6 Å². The van der Waals surface area contributed by atoms with E-state index in [4.69, 9.17) is 0 Å². The third-order valence-corrected chi connectivity index (χ3v) is 6.52. The van der Waals surface area contributed by atoms with Crippen LogP contribution in [-0.4, -0.2) is 22.0 Å². The summed E-state index contributed by atoms with van der Waals surface area (Å²) in [5.41, 5.74) is 0.487. The molecule has 0 aliphatic heterocycles. The molecule has 2 N–H and O–H groups in total. The smallest absolute Gasteiger partial charge is 0.334 e. The van der Waals surface area contributed by atoms with Gasteiger partial charge in [-0.05, 0) is 41.8 Å². The molecule has 1 atom stereocenters. The maximum Gasteiger partial charge on any atom is 0.334 e. The lowest BCUT2D eigenvalue weighted by molar-refractivity contribution is -0.145. The Morgan fingerprint density at radius 3 is 2.77 bits per heavy atom. The summed E-state index contributed by atoms with van der Waals surface area (Å²) in [6.07, 6.45) is 1.90. The molecule has 1 aliphatic rings. The molecule has 26 heavy (non-hydrogen) atoms. The third kappa shape index (κ3) is 2.83. The lowest BCUT2D eigenvalue weighted by Crippen LogP contribution is -2.53. The van der Waals surface area contributed by atoms with Crippen LogP contribution in [0.4, 0.5) is 0 Å². The molecule has 0 unspecified atom stereocenters. The first-order chi connectivity index (χ1) is 12.6. The monoisotopic (exact) mass is 384 g/mol. The minimum atomic E-state index is -1.40. The second kappa shape index (κ2) is 6.66. The van der Waals surface area contributed by atoms with Crippen molar-refractivity contribution in [2.45, 2.75) is 24.8 Å². The molecule has 0 bridgehead atoms. The normalized spacial score (nSPS) is 18.9. The van der Waals surface area contributed by atoms with Gasteiger partial charge in [0.15, 0.2) is 5.54 Å². The van der Waals surface area contributed by atoms with Gasteiger partial charge in [-0.1, -0.05) is 30.3 Å². The van der Waals surface area contributed by atoms with E-state index >= 15 is 0 Å². The number of carboxylic acid groups (broad SMARTS) is 1. The van der Waals surface area contributed by atoms with Crippen molar-refractivity contribution in [3.05, 3.63) is 64.0 Å². The first kappa shape index (κ1) is 16.9. The van der Waals surface area contributed by atoms with Gasteiger partial charge in [0.1, 0.15) is 10.7 Å². The van der Waals surface area contributed by atoms with Gasteiger partial charge in [-0.3, -0.25) is 4.79 Å². The van der Waals surface area contributed by atoms with E-state index in [0.717, 1.165) is 21.9 Å². The molecule has 0 radical (unpaired) electrons. The number of thiophene rings is 1. The Labute approximate surface area is 158 Å². The highest BCUT2D eigenvalue weighted by Gasteiger charge is 2.45. The van der Waals surface area contributed by atoms with Crippen molar-refractivity contribution in [2.24, 2.45) is 0 Å². The summed E-state index contributed by atoms with van der Waals surface area (Å²) in [6.45, 7) is 0. The zero-order valence-electron chi connectivity index (χ0n) is 13.8. The molecule has 132 valence electrons. The van der Waals surface area contributed by atoms with Crippen molar-refractivity contribution in [1.29, 1.82) is 0 Å². The summed E-state index contributed by atoms with van der Waals surface area (Å²) in [7, 11) is 0. The second-order valence-electron chi connectivity index (χ2n) is 6.19. The van der Waals surface area contributed by atoms with Gasteiger partial charge < -0.3 is 10.4 Å². The summed E-state index contributed by atoms with van der Waals surface area (Å²) >= 11 is 2.94. The van der Waals surface area contributed by atoms with E-state index in [1.807, 2.05) is 35.7 Å². The van der Waals surface area contributed by atoms with E-state index in [2.05, 4.69) is 10.3 Å². The van der Waals surface area contributed by atoms with E-state index in [-0.39, 0.29) is 5.69 Å². The molecule has 1 aromatic carbocycles. The van der Waals surface area contributed by atoms with E-state index in [9.17, 15) is 14.7 Å². The van der Waals surface area contributed by atoms with Crippen LogP contribution >= 0.6 is 22.7 Å². The number of hydrogen-bond acceptors (Lipinski definition) is 5. The largest absolute Gasteiger partial charge is 0.479 e. The molecule has 1 amide bonds. The van der Waals surface area contributed by atoms with Crippen molar-refractivity contribution < 1.29 is 14.7 Å². The Hall–Kier alpha value is -2.51. The topological polar surface area (TPSA) is 79.3 Å². The van der Waals surface area contributed by atoms with E-state index in [1.54, 1.807) is 22.8 Å². The minimum absolute atomic E-state index is 0.252. The quantitative estimate of drug-likeness (QED) is 0.715. The van der Waals surface area contributed by atoms with Crippen LogP contribution < -0.4 is 5.32 Å². The molecule has 0 saturated carbocycles. The van der Waals surface area contributed by atoms with Crippen LogP contribution in [0, 0.1) is 0 Å². The molecule has 1 aliphatic carbocycles. The van der Waals surface area contributed by atoms with Crippen LogP contribution in [0.15, 0.2) is 47.2 Å². The fraction of sp³-hybridized carbons (Fsp3) is 0.211. The second-order valence-corrected chi connectivity index (χ2v) is 8.00. The number of nitrogens with zero attached hydrogens (tertiary/aromatic N) is 1. The predicted octanol–water partition coefficient (Wildman–Crippen LogP) is 3.92. The van der Waals surface area contributed by atoms with E-state index in [1.165, 1.54) is 11.3 Å². The number of nitrogens with one attached hydrogen (secondary N) is 1. The highest BCUT2D eigenvalue weighted by atomic mass is 32.1. The molecule has 2 heterocycles. The summed E-state index contributed by atoms with van der Waals surface area (Å²) < 4.78 is 0. The lowest BCUT2D eigenvalue weighted by atomic mass is 9.76. The molecule has 7 heteroatoms. The Balaban J connectivity index is 1.66. The average molecular weight is 384 g/mol. The maximum absolute atomic E-state index is 12.8. The van der Waals surface area contributed by atoms with Crippen LogP contribution in [0.3, 0.4) is 0 Å². The number of carboxylic acids is 1. The number of hydrogen-bond donors (Lipinski definition) is 2. The summed E-state index contributed by atoms with van der Waals surface area (Å²) in [6, 6.07) is 11.3. The molecule has 3 aromatic rings. The maximum atomic E-state index is 12.8. The molecule has 4 rings (SSSR count). The molecular formula is C19H16N2O3S2. The lowest BCUT2D eigenvalue weighted by Gasteiger charge is -2.36. The van der Waals surface area contributed by atoms with Crippen molar-refractivity contribution in [2.75, 3.05) is 0 Å². The molecule has 0 spiro atoms. The van der Waals surface area contributed by atoms with Gasteiger partial charge in [0, 0.05) is 5.38 Å². The fourth-order valence-electron chi connectivity index (χ4n) is 3.39. The van der Waals surface area contributed by atoms with E-state index < -0.39 is 17.4 Å². The van der Waals surface area contributed by atoms with Gasteiger partial charge >= 0.3 is 5.97 Å². The number of aryl methyl sites for hydroxylation is 1. The number of fused-ring (bicyclic) bond motifs is 1. The number of carbonyl (C=O) groups excluding carboxylic acids is 1. The predicted molar refractivity (Wildman–Crippen MR) is 102 cm³/mol. The summed E-state index contributed by atoms with van der Waals surface area (Å²) in [5, 5.41) is 17.1. The fourth-order valence-corrected chi connectivity index (χ4v) is 5.00. The number of aromatic nitrogens is 1. The molecule has 0 saturated heterocycles. The third-order valence-electron chi connectivity index (χ3n) is 4.64. The van der Waals surface area contributed by atoms with Crippen LogP contribution in [0.25, 0.3) is 9.88 Å². The highest BCUT2D eigenvalue weighted by molar-refractivity contribution is 7.20. The van der Waals surface area contributed by atoms with Gasteiger partial charge in [0.05, 0.1) is 4.88 Å². The van der Waals surface area contributed by atoms with Crippen LogP contribution in [0.5, 0.6) is 0 Å². The molecule has 5 nitrogen and oxygen atoms in total. The minimum Gasteiger partial charge on any atom is -0.479 e. The Kier molecular flexibility index (Phi) is 4.34. The van der Waals surface area contributed by atoms with Gasteiger partial charge in [-0.25, -0.2) is 9.78 Å². The average Bonchev–Trinajstić information content (AvgIpc) is 3.33. The molecular weight excluding hydrogens is 368 g/mol. The Morgan fingerprint density at radius 2 is 2.00 bits per heavy atom. The van der Waals surface area contributed by atoms with Gasteiger partial charge in [0.25, 0.3) is 5.91 Å². The Bertz CT molecular complexity index is 965. The van der Waals surface area contributed by atoms with Gasteiger partial charge in [-0.2, -0.15) is 0 Å². The Morgan fingerprint density at radius 1 is 1.15 bits per heavy atom. The highest BCUT2D eigenvalue weighted by Crippen LogP contribution is 2.36. The van der Waals surface area contributed by atoms with Gasteiger partial charge in [0.2, 0.25) is 0 Å². The van der Waals surface area contributed by atoms with E-state index in [0.29, 0.717) is 18.4 Å². The SMILES string of the molecule is O=C(N[C@]1(C(=O)O)CCCc2ccccc21)c1csc(-c2cccs2)n1. The molecule has 0 fully saturated rings. The number of carbonyl (C=O) groups is 2. The van der Waals surface area contributed by atoms with Crippen molar-refractivity contribution in [1.82, 2.24) is 10.3 Å². The number of aliphatic carboxylic acids is 1. The van der Waals surface area contributed by atoms with Crippen molar-refractivity contribution in [3.8, 4) is 9.88 Å². The summed E-state index contributed by atoms with van der Waals surface area (Å²) in [5.74, 6) is -1.49. The van der Waals surface area contributed by atoms with Crippen LogP contribution in [-0.2, 0) is 16.8 Å². The number of amides is 1. The first-order valence-corrected chi connectivity index (χ1v) is 10.00.